The van der Waals surface area contributed by atoms with E-state index in [1.54, 1.807) is 17.1 Å². The molecule has 16 heavy (non-hydrogen) atoms. The predicted molar refractivity (Wildman–Crippen MR) is 57.3 cm³/mol. The minimum Gasteiger partial charge on any atom is -0.321 e. The van der Waals surface area contributed by atoms with Crippen molar-refractivity contribution in [3.05, 3.63) is 18.0 Å². The second kappa shape index (κ2) is 3.03. The highest BCUT2D eigenvalue weighted by Gasteiger charge is 2.55. The highest BCUT2D eigenvalue weighted by atomic mass is 19.3. The van der Waals surface area contributed by atoms with Gasteiger partial charge in [0, 0.05) is 24.6 Å². The largest absolute Gasteiger partial charge is 0.321 e. The minimum atomic E-state index is -2.61. The summed E-state index contributed by atoms with van der Waals surface area (Å²) >= 11 is 0. The van der Waals surface area contributed by atoms with E-state index in [0.29, 0.717) is 5.56 Å². The Labute approximate surface area is 93.6 Å². The van der Waals surface area contributed by atoms with Crippen molar-refractivity contribution in [3.8, 4) is 0 Å². The smallest absolute Gasteiger partial charge is 0.252 e. The molecule has 1 heterocycles. The number of alkyl halides is 2. The molecule has 1 saturated carbocycles. The van der Waals surface area contributed by atoms with E-state index >= 15 is 0 Å². The number of nitrogens with zero attached hydrogens (tertiary/aromatic N) is 2. The first kappa shape index (κ1) is 11.5. The van der Waals surface area contributed by atoms with Crippen molar-refractivity contribution in [2.75, 3.05) is 0 Å². The van der Waals surface area contributed by atoms with Crippen LogP contribution in [0.1, 0.15) is 39.2 Å². The van der Waals surface area contributed by atoms with Crippen molar-refractivity contribution in [3.63, 3.8) is 0 Å². The fraction of sp³-hybridized carbons (Fsp3) is 0.727. The van der Waals surface area contributed by atoms with Crippen LogP contribution >= 0.6 is 0 Å². The molecule has 3 nitrogen and oxygen atoms in total. The summed E-state index contributed by atoms with van der Waals surface area (Å²) in [7, 11) is 0. The zero-order valence-corrected chi connectivity index (χ0v) is 9.80. The van der Waals surface area contributed by atoms with Gasteiger partial charge in [-0.15, -0.1) is 0 Å². The highest BCUT2D eigenvalue weighted by Crippen LogP contribution is 2.49. The third-order valence-electron chi connectivity index (χ3n) is 2.99. The maximum Gasteiger partial charge on any atom is 0.252 e. The molecule has 0 spiro atoms. The van der Waals surface area contributed by atoms with Crippen LogP contribution in [0.15, 0.2) is 12.4 Å². The summed E-state index contributed by atoms with van der Waals surface area (Å²) in [5, 5.41) is 4.18. The van der Waals surface area contributed by atoms with Gasteiger partial charge in [0.2, 0.25) is 0 Å². The van der Waals surface area contributed by atoms with Gasteiger partial charge in [-0.1, -0.05) is 0 Å². The van der Waals surface area contributed by atoms with Crippen molar-refractivity contribution >= 4 is 0 Å². The van der Waals surface area contributed by atoms with Gasteiger partial charge in [0.1, 0.15) is 0 Å². The van der Waals surface area contributed by atoms with Crippen LogP contribution in [0.5, 0.6) is 0 Å². The Balaban J connectivity index is 2.21. The van der Waals surface area contributed by atoms with Crippen LogP contribution in [-0.4, -0.2) is 15.7 Å². The Hall–Kier alpha value is -0.970. The molecule has 0 radical (unpaired) electrons. The molecule has 0 aromatic carbocycles. The van der Waals surface area contributed by atoms with E-state index in [-0.39, 0.29) is 18.4 Å². The molecule has 1 aliphatic carbocycles. The molecular weight excluding hydrogens is 212 g/mol. The van der Waals surface area contributed by atoms with Crippen molar-refractivity contribution in [2.45, 2.75) is 50.6 Å². The van der Waals surface area contributed by atoms with Crippen LogP contribution in [0.25, 0.3) is 0 Å². The molecule has 0 bridgehead atoms. The number of rotatable bonds is 1. The van der Waals surface area contributed by atoms with E-state index in [2.05, 4.69) is 5.10 Å². The first-order chi connectivity index (χ1) is 7.12. The lowest BCUT2D eigenvalue weighted by Crippen LogP contribution is -2.55. The molecule has 90 valence electrons. The van der Waals surface area contributed by atoms with Gasteiger partial charge in [-0.05, 0) is 20.8 Å². The molecule has 0 atom stereocenters. The van der Waals surface area contributed by atoms with Crippen molar-refractivity contribution < 1.29 is 8.78 Å². The van der Waals surface area contributed by atoms with E-state index in [9.17, 15) is 8.78 Å². The average molecular weight is 229 g/mol. The SMILES string of the molecule is CC(C)(C)n1cc(C2(N)CC(F)(F)C2)cn1. The van der Waals surface area contributed by atoms with Crippen LogP contribution in [-0.2, 0) is 11.1 Å². The molecule has 1 aromatic heterocycles. The normalized spacial score (nSPS) is 22.9. The van der Waals surface area contributed by atoms with Crippen molar-refractivity contribution in [2.24, 2.45) is 5.73 Å². The van der Waals surface area contributed by atoms with E-state index in [1.165, 1.54) is 0 Å². The molecular formula is C11H17F2N3. The molecule has 0 aliphatic heterocycles. The highest BCUT2D eigenvalue weighted by molar-refractivity contribution is 5.24. The van der Waals surface area contributed by atoms with Crippen LogP contribution in [0.3, 0.4) is 0 Å². The third kappa shape index (κ3) is 1.84. The molecule has 0 amide bonds. The Morgan fingerprint density at radius 1 is 1.38 bits per heavy atom. The molecule has 1 fully saturated rings. The summed E-state index contributed by atoms with van der Waals surface area (Å²) in [4.78, 5) is 0. The van der Waals surface area contributed by atoms with Gasteiger partial charge in [0.05, 0.1) is 17.3 Å². The zero-order chi connectivity index (χ0) is 12.2. The molecule has 2 N–H and O–H groups in total. The van der Waals surface area contributed by atoms with E-state index in [1.807, 2.05) is 20.8 Å². The number of hydrogen-bond donors (Lipinski definition) is 1. The zero-order valence-electron chi connectivity index (χ0n) is 9.80. The molecule has 1 aliphatic rings. The van der Waals surface area contributed by atoms with Gasteiger partial charge >= 0.3 is 0 Å². The van der Waals surface area contributed by atoms with Crippen molar-refractivity contribution in [1.82, 2.24) is 9.78 Å². The first-order valence-corrected chi connectivity index (χ1v) is 5.35. The summed E-state index contributed by atoms with van der Waals surface area (Å²) in [5.74, 6) is -2.61. The second-order valence-electron chi connectivity index (χ2n) is 5.71. The maximum absolute atomic E-state index is 12.9. The quantitative estimate of drug-likeness (QED) is 0.802. The Bertz CT molecular complexity index is 396. The van der Waals surface area contributed by atoms with E-state index < -0.39 is 11.5 Å². The third-order valence-corrected chi connectivity index (χ3v) is 2.99. The van der Waals surface area contributed by atoms with Gasteiger partial charge in [-0.3, -0.25) is 4.68 Å². The standard InChI is InChI=1S/C11H17F2N3/c1-9(2,3)16-5-8(4-15-16)10(14)6-11(12,13)7-10/h4-5H,6-7,14H2,1-3H3. The van der Waals surface area contributed by atoms with Crippen molar-refractivity contribution in [1.29, 1.82) is 0 Å². The molecule has 1 aromatic rings. The fourth-order valence-electron chi connectivity index (χ4n) is 2.02. The number of halogens is 2. The lowest BCUT2D eigenvalue weighted by Gasteiger charge is -2.44. The topological polar surface area (TPSA) is 43.8 Å². The summed E-state index contributed by atoms with van der Waals surface area (Å²) in [6, 6.07) is 0. The van der Waals surface area contributed by atoms with Gasteiger partial charge in [-0.2, -0.15) is 5.10 Å². The summed E-state index contributed by atoms with van der Waals surface area (Å²) < 4.78 is 27.5. The number of hydrogen-bond acceptors (Lipinski definition) is 2. The van der Waals surface area contributed by atoms with Gasteiger partial charge in [-0.25, -0.2) is 8.78 Å². The van der Waals surface area contributed by atoms with Gasteiger partial charge < -0.3 is 5.73 Å². The van der Waals surface area contributed by atoms with Crippen LogP contribution in [0.2, 0.25) is 0 Å². The summed E-state index contributed by atoms with van der Waals surface area (Å²) in [6.07, 6.45) is 2.81. The van der Waals surface area contributed by atoms with E-state index in [0.717, 1.165) is 0 Å². The minimum absolute atomic E-state index is 0.152. The van der Waals surface area contributed by atoms with Crippen LogP contribution in [0, 0.1) is 0 Å². The van der Waals surface area contributed by atoms with Gasteiger partial charge in [0.25, 0.3) is 5.92 Å². The van der Waals surface area contributed by atoms with Crippen LogP contribution in [0.4, 0.5) is 8.78 Å². The van der Waals surface area contributed by atoms with Gasteiger partial charge in [0.15, 0.2) is 0 Å². The predicted octanol–water partition coefficient (Wildman–Crippen LogP) is 2.22. The number of aromatic nitrogens is 2. The lowest BCUT2D eigenvalue weighted by molar-refractivity contribution is -0.125. The van der Waals surface area contributed by atoms with E-state index in [4.69, 9.17) is 5.73 Å². The summed E-state index contributed by atoms with van der Waals surface area (Å²) in [5.41, 5.74) is 5.58. The Morgan fingerprint density at radius 3 is 2.31 bits per heavy atom. The number of nitrogens with two attached hydrogens (primary N) is 1. The molecule has 5 heteroatoms. The molecule has 2 rings (SSSR count). The fourth-order valence-corrected chi connectivity index (χ4v) is 2.02. The lowest BCUT2D eigenvalue weighted by atomic mass is 9.71. The average Bonchev–Trinajstić information content (AvgIpc) is 2.45. The van der Waals surface area contributed by atoms with Crippen LogP contribution < -0.4 is 5.73 Å². The maximum atomic E-state index is 12.9. The first-order valence-electron chi connectivity index (χ1n) is 5.35. The second-order valence-corrected chi connectivity index (χ2v) is 5.71. The Morgan fingerprint density at radius 2 is 1.94 bits per heavy atom. The Kier molecular flexibility index (Phi) is 2.18. The monoisotopic (exact) mass is 229 g/mol. The summed E-state index contributed by atoms with van der Waals surface area (Å²) in [6.45, 7) is 6.01. The molecule has 0 unspecified atom stereocenters. The molecule has 0 saturated heterocycles.